The van der Waals surface area contributed by atoms with E-state index in [0.29, 0.717) is 6.42 Å². The van der Waals surface area contributed by atoms with Crippen LogP contribution in [0, 0.1) is 0 Å². The molecular weight excluding hydrogens is 509 g/mol. The summed E-state index contributed by atoms with van der Waals surface area (Å²) in [4.78, 5) is 0. The van der Waals surface area contributed by atoms with Gasteiger partial charge >= 0.3 is 0 Å². The molecule has 1 aliphatic rings. The lowest BCUT2D eigenvalue weighted by molar-refractivity contribution is -0.0229. The first-order valence-corrected chi connectivity index (χ1v) is 19.5. The third-order valence-electron chi connectivity index (χ3n) is 8.68. The van der Waals surface area contributed by atoms with E-state index >= 15 is 0 Å². The van der Waals surface area contributed by atoms with Crippen molar-refractivity contribution in [1.29, 1.82) is 0 Å². The Balaban J connectivity index is 1.76. The summed E-state index contributed by atoms with van der Waals surface area (Å²) in [6.45, 7) is 26.1. The zero-order valence-electron chi connectivity index (χ0n) is 25.3. The zero-order chi connectivity index (χ0) is 28.5. The summed E-state index contributed by atoms with van der Waals surface area (Å²) in [5.41, 5.74) is 1.88. The van der Waals surface area contributed by atoms with Crippen LogP contribution in [-0.4, -0.2) is 33.4 Å². The van der Waals surface area contributed by atoms with Crippen molar-refractivity contribution < 1.29 is 23.1 Å². The molecule has 1 aliphatic heterocycles. The highest BCUT2D eigenvalue weighted by atomic mass is 28.4. The molecule has 2 aromatic carbocycles. The summed E-state index contributed by atoms with van der Waals surface area (Å²) in [6.07, 6.45) is 0.415. The number of rotatable bonds is 6. The maximum atomic E-state index is 10.4. The molecule has 0 saturated heterocycles. The predicted octanol–water partition coefficient (Wildman–Crippen LogP) is 8.94. The van der Waals surface area contributed by atoms with Crippen LogP contribution < -0.4 is 13.6 Å². The summed E-state index contributed by atoms with van der Waals surface area (Å²) in [5, 5.41) is 11.6. The molecule has 4 rings (SSSR count). The SMILES string of the molecule is CC(C)(O)[C@H]1Cc2cc3cc(-c4cc(O[Si](C)(C)C(C)(C)C)cc(O[Si](C)(C)C(C)(C)C)c4)oc3cc2O1. The van der Waals surface area contributed by atoms with Crippen LogP contribution in [0.3, 0.4) is 0 Å². The molecule has 208 valence electrons. The molecule has 2 heterocycles. The average molecular weight is 555 g/mol. The van der Waals surface area contributed by atoms with Crippen molar-refractivity contribution >= 4 is 27.6 Å². The molecule has 0 unspecified atom stereocenters. The Kier molecular flexibility index (Phi) is 6.94. The number of benzene rings is 2. The minimum absolute atomic E-state index is 0.0738. The number of fused-ring (bicyclic) bond motifs is 2. The number of hydrogen-bond donors (Lipinski definition) is 1. The van der Waals surface area contributed by atoms with Crippen molar-refractivity contribution in [2.24, 2.45) is 0 Å². The summed E-state index contributed by atoms with van der Waals surface area (Å²) < 4.78 is 25.9. The lowest BCUT2D eigenvalue weighted by Crippen LogP contribution is -2.44. The topological polar surface area (TPSA) is 61.1 Å². The van der Waals surface area contributed by atoms with Crippen molar-refractivity contribution in [3.05, 3.63) is 42.0 Å². The quantitative estimate of drug-likeness (QED) is 0.308. The fourth-order valence-electron chi connectivity index (χ4n) is 4.04. The maximum absolute atomic E-state index is 10.4. The standard InChI is InChI=1S/C31H46O5Si2/c1-29(2,3)37(9,10)35-23-14-22(15-24(18-23)36-38(11,12)30(4,5)6)25-16-20-13-21-17-28(31(7,8)32)34-27(21)19-26(20)33-25/h13-16,18-19,28,32H,17H2,1-12H3/t28-/m1/s1. The Hall–Kier alpha value is -2.23. The van der Waals surface area contributed by atoms with Crippen LogP contribution in [0.4, 0.5) is 0 Å². The predicted molar refractivity (Wildman–Crippen MR) is 162 cm³/mol. The number of ether oxygens (including phenoxy) is 1. The Morgan fingerprint density at radius 2 is 1.29 bits per heavy atom. The molecule has 0 amide bonds. The second kappa shape index (κ2) is 9.17. The molecule has 1 atom stereocenters. The van der Waals surface area contributed by atoms with Gasteiger partial charge in [-0.3, -0.25) is 0 Å². The highest BCUT2D eigenvalue weighted by molar-refractivity contribution is 6.75. The van der Waals surface area contributed by atoms with Crippen LogP contribution in [-0.2, 0) is 6.42 Å². The van der Waals surface area contributed by atoms with Gasteiger partial charge in [-0.05, 0) is 79.9 Å². The minimum Gasteiger partial charge on any atom is -0.543 e. The number of furan rings is 1. The minimum atomic E-state index is -2.07. The fraction of sp³-hybridized carbons (Fsp3) is 0.548. The van der Waals surface area contributed by atoms with Gasteiger partial charge in [-0.2, -0.15) is 0 Å². The second-order valence-corrected chi connectivity index (χ2v) is 23.9. The van der Waals surface area contributed by atoms with Gasteiger partial charge in [0.25, 0.3) is 0 Å². The number of aliphatic hydroxyl groups is 1. The largest absolute Gasteiger partial charge is 0.543 e. The molecule has 0 spiro atoms. The van der Waals surface area contributed by atoms with E-state index in [1.807, 2.05) is 12.1 Å². The van der Waals surface area contributed by atoms with Crippen molar-refractivity contribution in [3.8, 4) is 28.6 Å². The molecule has 38 heavy (non-hydrogen) atoms. The third kappa shape index (κ3) is 5.70. The molecule has 0 aliphatic carbocycles. The van der Waals surface area contributed by atoms with E-state index in [1.165, 1.54) is 0 Å². The molecule has 3 aromatic rings. The van der Waals surface area contributed by atoms with Gasteiger partial charge in [0.05, 0.1) is 5.60 Å². The van der Waals surface area contributed by atoms with E-state index in [1.54, 1.807) is 13.8 Å². The van der Waals surface area contributed by atoms with Gasteiger partial charge in [0.2, 0.25) is 16.6 Å². The first kappa shape index (κ1) is 28.8. The lowest BCUT2D eigenvalue weighted by Gasteiger charge is -2.38. The normalized spacial score (nSPS) is 16.9. The molecule has 0 radical (unpaired) electrons. The van der Waals surface area contributed by atoms with Gasteiger partial charge in [0.1, 0.15) is 34.7 Å². The number of hydrogen-bond acceptors (Lipinski definition) is 5. The van der Waals surface area contributed by atoms with Gasteiger partial charge in [-0.25, -0.2) is 0 Å². The van der Waals surface area contributed by atoms with Crippen LogP contribution in [0.1, 0.15) is 61.0 Å². The highest BCUT2D eigenvalue weighted by Crippen LogP contribution is 2.44. The van der Waals surface area contributed by atoms with E-state index in [-0.39, 0.29) is 16.2 Å². The molecular formula is C31H46O5Si2. The van der Waals surface area contributed by atoms with Gasteiger partial charge in [-0.1, -0.05) is 41.5 Å². The molecule has 0 bridgehead atoms. The van der Waals surface area contributed by atoms with Crippen LogP contribution in [0.5, 0.6) is 17.2 Å². The summed E-state index contributed by atoms with van der Waals surface area (Å²) in [7, 11) is -4.13. The molecule has 7 heteroatoms. The van der Waals surface area contributed by atoms with Crippen molar-refractivity contribution in [2.45, 2.75) is 110 Å². The van der Waals surface area contributed by atoms with Crippen molar-refractivity contribution in [1.82, 2.24) is 0 Å². The van der Waals surface area contributed by atoms with Crippen LogP contribution in [0.15, 0.2) is 40.8 Å². The molecule has 1 N–H and O–H groups in total. The fourth-order valence-corrected chi connectivity index (χ4v) is 6.07. The molecule has 0 fully saturated rings. The molecule has 5 nitrogen and oxygen atoms in total. The molecule has 0 saturated carbocycles. The lowest BCUT2D eigenvalue weighted by atomic mass is 9.97. The summed E-state index contributed by atoms with van der Waals surface area (Å²) in [5.74, 6) is 3.19. The highest BCUT2D eigenvalue weighted by Gasteiger charge is 2.41. The zero-order valence-corrected chi connectivity index (χ0v) is 27.3. The summed E-state index contributed by atoms with van der Waals surface area (Å²) in [6, 6.07) is 12.3. The smallest absolute Gasteiger partial charge is 0.250 e. The van der Waals surface area contributed by atoms with Gasteiger partial charge in [-0.15, -0.1) is 0 Å². The van der Waals surface area contributed by atoms with Crippen LogP contribution >= 0.6 is 0 Å². The van der Waals surface area contributed by atoms with E-state index < -0.39 is 22.2 Å². The monoisotopic (exact) mass is 554 g/mol. The first-order chi connectivity index (χ1) is 17.2. The van der Waals surface area contributed by atoms with E-state index in [4.69, 9.17) is 18.0 Å². The van der Waals surface area contributed by atoms with Gasteiger partial charge in [0, 0.05) is 29.5 Å². The summed E-state index contributed by atoms with van der Waals surface area (Å²) >= 11 is 0. The second-order valence-electron chi connectivity index (χ2n) is 14.5. The van der Waals surface area contributed by atoms with E-state index in [2.05, 4.69) is 92.0 Å². The van der Waals surface area contributed by atoms with Gasteiger partial charge in [0.15, 0.2) is 0 Å². The van der Waals surface area contributed by atoms with Crippen LogP contribution in [0.2, 0.25) is 36.3 Å². The van der Waals surface area contributed by atoms with E-state index in [9.17, 15) is 5.11 Å². The Labute approximate surface area is 230 Å². The third-order valence-corrected chi connectivity index (χ3v) is 17.4. The average Bonchev–Trinajstić information content (AvgIpc) is 3.32. The Morgan fingerprint density at radius 3 is 1.76 bits per heavy atom. The van der Waals surface area contributed by atoms with E-state index in [0.717, 1.165) is 45.1 Å². The van der Waals surface area contributed by atoms with Crippen molar-refractivity contribution in [2.75, 3.05) is 0 Å². The Morgan fingerprint density at radius 1 is 0.763 bits per heavy atom. The maximum Gasteiger partial charge on any atom is 0.250 e. The first-order valence-electron chi connectivity index (χ1n) is 13.7. The van der Waals surface area contributed by atoms with Crippen LogP contribution in [0.25, 0.3) is 22.3 Å². The molecule has 1 aromatic heterocycles. The Bertz CT molecular complexity index is 1240. The van der Waals surface area contributed by atoms with Gasteiger partial charge < -0.3 is 23.1 Å². The van der Waals surface area contributed by atoms with Crippen molar-refractivity contribution in [3.63, 3.8) is 0 Å².